The number of halogens is 2. The number of hydrogen-bond acceptors (Lipinski definition) is 6. The lowest BCUT2D eigenvalue weighted by Crippen LogP contribution is -2.22. The Morgan fingerprint density at radius 2 is 2.03 bits per heavy atom. The molecule has 1 heterocycles. The maximum atomic E-state index is 13.4. The van der Waals surface area contributed by atoms with Crippen LogP contribution in [0.1, 0.15) is 42.3 Å². The fraction of sp³-hybridized carbons (Fsp3) is 0.214. The summed E-state index contributed by atoms with van der Waals surface area (Å²) in [7, 11) is 1.52. The number of ether oxygens (including phenoxy) is 2. The van der Waals surface area contributed by atoms with Crippen LogP contribution < -0.4 is 15.0 Å². The zero-order chi connectivity index (χ0) is 26.4. The van der Waals surface area contributed by atoms with Crippen molar-refractivity contribution in [2.75, 3.05) is 7.11 Å². The van der Waals surface area contributed by atoms with Crippen LogP contribution in [0.5, 0.6) is 11.5 Å². The van der Waals surface area contributed by atoms with Gasteiger partial charge in [-0.3, -0.25) is 4.79 Å². The summed E-state index contributed by atoms with van der Waals surface area (Å²) in [6.07, 6.45) is 3.93. The fourth-order valence-electron chi connectivity index (χ4n) is 3.83. The van der Waals surface area contributed by atoms with Crippen molar-refractivity contribution in [2.45, 2.75) is 32.8 Å². The van der Waals surface area contributed by atoms with Gasteiger partial charge in [-0.25, -0.2) is 4.98 Å². The van der Waals surface area contributed by atoms with Crippen LogP contribution in [-0.4, -0.2) is 23.0 Å². The van der Waals surface area contributed by atoms with Crippen molar-refractivity contribution in [3.8, 4) is 17.6 Å². The molecule has 0 N–H and O–H groups in total. The van der Waals surface area contributed by atoms with Crippen molar-refractivity contribution >= 4 is 44.6 Å². The van der Waals surface area contributed by atoms with Crippen LogP contribution in [0.25, 0.3) is 10.9 Å². The zero-order valence-corrected chi connectivity index (χ0v) is 22.7. The Morgan fingerprint density at radius 1 is 1.22 bits per heavy atom. The first-order chi connectivity index (χ1) is 17.9. The van der Waals surface area contributed by atoms with Gasteiger partial charge in [0.1, 0.15) is 12.4 Å². The van der Waals surface area contributed by atoms with Gasteiger partial charge >= 0.3 is 0 Å². The lowest BCUT2D eigenvalue weighted by molar-refractivity contribution is 0.284. The van der Waals surface area contributed by atoms with E-state index in [0.717, 1.165) is 22.9 Å². The van der Waals surface area contributed by atoms with E-state index in [0.29, 0.717) is 50.8 Å². The summed E-state index contributed by atoms with van der Waals surface area (Å²) in [5.74, 6) is 1.36. The van der Waals surface area contributed by atoms with Gasteiger partial charge in [-0.1, -0.05) is 59.1 Å². The van der Waals surface area contributed by atoms with Gasteiger partial charge in [0.2, 0.25) is 0 Å². The van der Waals surface area contributed by atoms with E-state index in [4.69, 9.17) is 26.1 Å². The molecule has 4 aromatic rings. The molecular formula is C28H24BrClN4O3. The number of rotatable bonds is 9. The van der Waals surface area contributed by atoms with Crippen molar-refractivity contribution in [1.82, 2.24) is 9.66 Å². The average molecular weight is 580 g/mol. The molecule has 0 aliphatic rings. The second-order valence-corrected chi connectivity index (χ2v) is 9.59. The predicted molar refractivity (Wildman–Crippen MR) is 149 cm³/mol. The Morgan fingerprint density at radius 3 is 2.78 bits per heavy atom. The van der Waals surface area contributed by atoms with E-state index in [2.05, 4.69) is 34.0 Å². The summed E-state index contributed by atoms with van der Waals surface area (Å²) >= 11 is 9.78. The topological polar surface area (TPSA) is 89.5 Å². The Kier molecular flexibility index (Phi) is 8.59. The maximum absolute atomic E-state index is 13.4. The Balaban J connectivity index is 1.79. The quantitative estimate of drug-likeness (QED) is 0.211. The van der Waals surface area contributed by atoms with Crippen LogP contribution in [0.15, 0.2) is 69.0 Å². The second-order valence-electron chi connectivity index (χ2n) is 8.24. The molecule has 0 unspecified atom stereocenters. The number of nitrogens with zero attached hydrogens (tertiary/aromatic N) is 4. The highest BCUT2D eigenvalue weighted by molar-refractivity contribution is 9.10. The van der Waals surface area contributed by atoms with E-state index in [1.165, 1.54) is 18.0 Å². The molecule has 9 heteroatoms. The molecule has 0 fully saturated rings. The molecular weight excluding hydrogens is 556 g/mol. The molecule has 0 aliphatic carbocycles. The summed E-state index contributed by atoms with van der Waals surface area (Å²) in [4.78, 5) is 18.1. The third-order valence-corrected chi connectivity index (χ3v) is 6.43. The van der Waals surface area contributed by atoms with Crippen molar-refractivity contribution in [3.63, 3.8) is 0 Å². The van der Waals surface area contributed by atoms with Gasteiger partial charge in [0, 0.05) is 33.1 Å². The van der Waals surface area contributed by atoms with Crippen LogP contribution in [0.3, 0.4) is 0 Å². The van der Waals surface area contributed by atoms with E-state index in [1.54, 1.807) is 30.3 Å². The summed E-state index contributed by atoms with van der Waals surface area (Å²) in [5, 5.41) is 14.8. The fourth-order valence-corrected chi connectivity index (χ4v) is 4.40. The van der Waals surface area contributed by atoms with Gasteiger partial charge in [0.15, 0.2) is 11.5 Å². The maximum Gasteiger partial charge on any atom is 0.282 e. The number of aryl methyl sites for hydroxylation is 1. The Labute approximate surface area is 228 Å². The molecule has 188 valence electrons. The number of methoxy groups -OCH3 is 1. The van der Waals surface area contributed by atoms with E-state index in [-0.39, 0.29) is 12.2 Å². The van der Waals surface area contributed by atoms with Crippen molar-refractivity contribution in [2.24, 2.45) is 5.10 Å². The van der Waals surface area contributed by atoms with E-state index >= 15 is 0 Å². The van der Waals surface area contributed by atoms with Crippen molar-refractivity contribution < 1.29 is 9.47 Å². The highest BCUT2D eigenvalue weighted by Gasteiger charge is 2.15. The lowest BCUT2D eigenvalue weighted by atomic mass is 10.1. The van der Waals surface area contributed by atoms with Crippen LogP contribution in [0.4, 0.5) is 0 Å². The number of fused-ring (bicyclic) bond motifs is 1. The molecule has 0 amide bonds. The molecule has 0 bridgehead atoms. The minimum Gasteiger partial charge on any atom is -0.493 e. The number of aromatic nitrogens is 2. The SMILES string of the molecule is CCCCc1nc2ccc(Br)cc2c(=O)n1N=Cc1cc(Cl)cc(OC)c1OCc1ccccc1C#N. The number of nitriles is 1. The Hall–Kier alpha value is -3.67. The van der Waals surface area contributed by atoms with E-state index in [9.17, 15) is 10.1 Å². The molecule has 0 spiro atoms. The van der Waals surface area contributed by atoms with Crippen LogP contribution >= 0.6 is 27.5 Å². The number of hydrogen-bond donors (Lipinski definition) is 0. The zero-order valence-electron chi connectivity index (χ0n) is 20.4. The van der Waals surface area contributed by atoms with Crippen molar-refractivity contribution in [1.29, 1.82) is 5.26 Å². The van der Waals surface area contributed by atoms with Gasteiger partial charge in [0.05, 0.1) is 35.9 Å². The first kappa shape index (κ1) is 26.4. The summed E-state index contributed by atoms with van der Waals surface area (Å²) in [6, 6.07) is 18.1. The largest absolute Gasteiger partial charge is 0.493 e. The van der Waals surface area contributed by atoms with Crippen molar-refractivity contribution in [3.05, 3.63) is 97.0 Å². The Bertz CT molecular complexity index is 1580. The standard InChI is InChI=1S/C28H24BrClN4O3/c1-3-4-9-26-33-24-11-10-21(29)13-23(24)28(35)34(26)32-16-20-12-22(30)14-25(36-2)27(20)37-17-19-8-6-5-7-18(19)15-31/h5-8,10-14,16H,3-4,9,17H2,1-2H3. The summed E-state index contributed by atoms with van der Waals surface area (Å²) in [5.41, 5.74) is 2.11. The molecule has 0 radical (unpaired) electrons. The average Bonchev–Trinajstić information content (AvgIpc) is 2.91. The van der Waals surface area contributed by atoms with Crippen LogP contribution in [0, 0.1) is 11.3 Å². The number of benzene rings is 3. The lowest BCUT2D eigenvalue weighted by Gasteiger charge is -2.15. The van der Waals surface area contributed by atoms with Crippen LogP contribution in [0.2, 0.25) is 5.02 Å². The third kappa shape index (κ3) is 6.01. The van der Waals surface area contributed by atoms with Gasteiger partial charge in [-0.05, 0) is 36.8 Å². The molecule has 0 saturated carbocycles. The molecule has 3 aromatic carbocycles. The molecule has 0 atom stereocenters. The normalized spacial score (nSPS) is 11.1. The molecule has 0 aliphatic heterocycles. The van der Waals surface area contributed by atoms with Gasteiger partial charge in [-0.15, -0.1) is 0 Å². The third-order valence-electron chi connectivity index (χ3n) is 5.72. The highest BCUT2D eigenvalue weighted by Crippen LogP contribution is 2.34. The molecule has 37 heavy (non-hydrogen) atoms. The number of unbranched alkanes of at least 4 members (excludes halogenated alkanes) is 1. The summed E-state index contributed by atoms with van der Waals surface area (Å²) < 4.78 is 13.7. The molecule has 1 aromatic heterocycles. The van der Waals surface area contributed by atoms with Crippen LogP contribution in [-0.2, 0) is 13.0 Å². The minimum absolute atomic E-state index is 0.135. The van der Waals surface area contributed by atoms with E-state index < -0.39 is 0 Å². The first-order valence-electron chi connectivity index (χ1n) is 11.7. The van der Waals surface area contributed by atoms with E-state index in [1.807, 2.05) is 24.3 Å². The molecule has 7 nitrogen and oxygen atoms in total. The highest BCUT2D eigenvalue weighted by atomic mass is 79.9. The monoisotopic (exact) mass is 578 g/mol. The smallest absolute Gasteiger partial charge is 0.282 e. The predicted octanol–water partition coefficient (Wildman–Crippen LogP) is 6.50. The van der Waals surface area contributed by atoms with Gasteiger partial charge in [0.25, 0.3) is 5.56 Å². The van der Waals surface area contributed by atoms with Gasteiger partial charge < -0.3 is 9.47 Å². The second kappa shape index (κ2) is 12.0. The molecule has 4 rings (SSSR count). The minimum atomic E-state index is -0.270. The first-order valence-corrected chi connectivity index (χ1v) is 12.9. The molecule has 0 saturated heterocycles. The summed E-state index contributed by atoms with van der Waals surface area (Å²) in [6.45, 7) is 2.21. The van der Waals surface area contributed by atoms with Gasteiger partial charge in [-0.2, -0.15) is 15.0 Å².